The van der Waals surface area contributed by atoms with E-state index in [0.29, 0.717) is 5.92 Å². The third-order valence-electron chi connectivity index (χ3n) is 4.29. The standard InChI is InChI=1S/C17H25F2N/c1-2-20-17(13-8-6-4-3-5-7-9-13)14-10-15(18)12-16(19)11-14/h10-13,17,20H,2-9H2,1H3. The summed E-state index contributed by atoms with van der Waals surface area (Å²) in [5.74, 6) is -0.473. The Morgan fingerprint density at radius 2 is 1.55 bits per heavy atom. The van der Waals surface area contributed by atoms with Gasteiger partial charge in [0.2, 0.25) is 0 Å². The molecule has 1 aliphatic rings. The van der Waals surface area contributed by atoms with E-state index in [-0.39, 0.29) is 6.04 Å². The maximum Gasteiger partial charge on any atom is 0.126 e. The fraction of sp³-hybridized carbons (Fsp3) is 0.647. The van der Waals surface area contributed by atoms with E-state index >= 15 is 0 Å². The molecule has 0 amide bonds. The highest BCUT2D eigenvalue weighted by Crippen LogP contribution is 2.33. The van der Waals surface area contributed by atoms with Crippen molar-refractivity contribution in [2.75, 3.05) is 6.54 Å². The van der Waals surface area contributed by atoms with Crippen LogP contribution >= 0.6 is 0 Å². The molecule has 0 aromatic heterocycles. The summed E-state index contributed by atoms with van der Waals surface area (Å²) in [4.78, 5) is 0. The lowest BCUT2D eigenvalue weighted by Gasteiger charge is -2.30. The van der Waals surface area contributed by atoms with Gasteiger partial charge in [-0.05, 0) is 43.0 Å². The van der Waals surface area contributed by atoms with Crippen molar-refractivity contribution in [2.45, 2.75) is 57.9 Å². The van der Waals surface area contributed by atoms with Crippen LogP contribution in [0.5, 0.6) is 0 Å². The van der Waals surface area contributed by atoms with E-state index in [1.54, 1.807) is 0 Å². The maximum absolute atomic E-state index is 13.5. The van der Waals surface area contributed by atoms with E-state index in [4.69, 9.17) is 0 Å². The minimum Gasteiger partial charge on any atom is -0.310 e. The quantitative estimate of drug-likeness (QED) is 0.821. The van der Waals surface area contributed by atoms with Gasteiger partial charge in [-0.2, -0.15) is 0 Å². The van der Waals surface area contributed by atoms with Gasteiger partial charge in [0, 0.05) is 12.1 Å². The molecule has 1 aromatic carbocycles. The fourth-order valence-corrected chi connectivity index (χ4v) is 3.35. The Bertz CT molecular complexity index is 391. The Labute approximate surface area is 120 Å². The predicted molar refractivity (Wildman–Crippen MR) is 78.6 cm³/mol. The molecule has 1 saturated carbocycles. The van der Waals surface area contributed by atoms with Crippen LogP contribution in [0.15, 0.2) is 18.2 Å². The highest BCUT2D eigenvalue weighted by molar-refractivity contribution is 5.22. The van der Waals surface area contributed by atoms with Gasteiger partial charge in [-0.3, -0.25) is 0 Å². The van der Waals surface area contributed by atoms with Crippen LogP contribution in [-0.2, 0) is 0 Å². The van der Waals surface area contributed by atoms with E-state index in [2.05, 4.69) is 5.32 Å². The molecule has 0 bridgehead atoms. The van der Waals surface area contributed by atoms with E-state index < -0.39 is 11.6 Å². The van der Waals surface area contributed by atoms with Gasteiger partial charge in [0.1, 0.15) is 11.6 Å². The summed E-state index contributed by atoms with van der Waals surface area (Å²) in [5, 5.41) is 3.44. The summed E-state index contributed by atoms with van der Waals surface area (Å²) >= 11 is 0. The van der Waals surface area contributed by atoms with Gasteiger partial charge in [0.05, 0.1) is 0 Å². The van der Waals surface area contributed by atoms with Gasteiger partial charge in [-0.15, -0.1) is 0 Å². The first-order chi connectivity index (χ1) is 9.70. The average molecular weight is 281 g/mol. The summed E-state index contributed by atoms with van der Waals surface area (Å²) in [7, 11) is 0. The molecule has 0 radical (unpaired) electrons. The van der Waals surface area contributed by atoms with Crippen LogP contribution in [0.4, 0.5) is 8.78 Å². The van der Waals surface area contributed by atoms with E-state index in [1.807, 2.05) is 6.92 Å². The minimum absolute atomic E-state index is 0.0725. The molecule has 20 heavy (non-hydrogen) atoms. The van der Waals surface area contributed by atoms with Crippen molar-refractivity contribution in [1.82, 2.24) is 5.32 Å². The van der Waals surface area contributed by atoms with Crippen molar-refractivity contribution in [3.05, 3.63) is 35.4 Å². The van der Waals surface area contributed by atoms with Crippen LogP contribution in [0.25, 0.3) is 0 Å². The van der Waals surface area contributed by atoms with Gasteiger partial charge < -0.3 is 5.32 Å². The average Bonchev–Trinajstić information content (AvgIpc) is 2.35. The highest BCUT2D eigenvalue weighted by atomic mass is 19.1. The number of hydrogen-bond donors (Lipinski definition) is 1. The lowest BCUT2D eigenvalue weighted by Crippen LogP contribution is -2.29. The van der Waals surface area contributed by atoms with E-state index in [9.17, 15) is 8.78 Å². The topological polar surface area (TPSA) is 12.0 Å². The normalized spacial score (nSPS) is 19.4. The Hall–Kier alpha value is -0.960. The van der Waals surface area contributed by atoms with Gasteiger partial charge in [0.15, 0.2) is 0 Å². The van der Waals surface area contributed by atoms with Crippen LogP contribution in [0.2, 0.25) is 0 Å². The van der Waals surface area contributed by atoms with Crippen molar-refractivity contribution in [3.8, 4) is 0 Å². The molecule has 1 aromatic rings. The third kappa shape index (κ3) is 4.27. The smallest absolute Gasteiger partial charge is 0.126 e. The SMILES string of the molecule is CCNC(c1cc(F)cc(F)c1)C1CCCCCCC1. The van der Waals surface area contributed by atoms with Crippen LogP contribution < -0.4 is 5.32 Å². The minimum atomic E-state index is -0.478. The van der Waals surface area contributed by atoms with Gasteiger partial charge in [-0.1, -0.05) is 39.0 Å². The summed E-state index contributed by atoms with van der Waals surface area (Å²) in [6.07, 6.45) is 8.65. The van der Waals surface area contributed by atoms with Crippen molar-refractivity contribution >= 4 is 0 Å². The Kier molecular flexibility index (Phi) is 5.96. The highest BCUT2D eigenvalue weighted by Gasteiger charge is 2.23. The van der Waals surface area contributed by atoms with Crippen molar-refractivity contribution < 1.29 is 8.78 Å². The zero-order valence-electron chi connectivity index (χ0n) is 12.3. The molecule has 112 valence electrons. The van der Waals surface area contributed by atoms with E-state index in [1.165, 1.54) is 44.2 Å². The van der Waals surface area contributed by atoms with Crippen molar-refractivity contribution in [2.24, 2.45) is 5.92 Å². The molecule has 1 N–H and O–H groups in total. The molecular formula is C17H25F2N. The number of hydrogen-bond acceptors (Lipinski definition) is 1. The summed E-state index contributed by atoms with van der Waals surface area (Å²) in [5.41, 5.74) is 0.759. The molecule has 1 fully saturated rings. The van der Waals surface area contributed by atoms with Gasteiger partial charge in [0.25, 0.3) is 0 Å². The second-order valence-corrected chi connectivity index (χ2v) is 5.84. The number of nitrogens with one attached hydrogen (secondary N) is 1. The molecule has 0 heterocycles. The third-order valence-corrected chi connectivity index (χ3v) is 4.29. The monoisotopic (exact) mass is 281 g/mol. The molecule has 0 saturated heterocycles. The van der Waals surface area contributed by atoms with Gasteiger partial charge in [-0.25, -0.2) is 8.78 Å². The van der Waals surface area contributed by atoms with Crippen molar-refractivity contribution in [3.63, 3.8) is 0 Å². The molecule has 0 aliphatic heterocycles. The maximum atomic E-state index is 13.5. The predicted octanol–water partition coefficient (Wildman–Crippen LogP) is 4.98. The summed E-state index contributed by atoms with van der Waals surface area (Å²) < 4.78 is 26.9. The zero-order valence-corrected chi connectivity index (χ0v) is 12.3. The molecule has 1 atom stereocenters. The number of rotatable bonds is 4. The first-order valence-corrected chi connectivity index (χ1v) is 7.90. The largest absolute Gasteiger partial charge is 0.310 e. The Morgan fingerprint density at radius 1 is 1.00 bits per heavy atom. The lowest BCUT2D eigenvalue weighted by molar-refractivity contribution is 0.290. The van der Waals surface area contributed by atoms with E-state index in [0.717, 1.165) is 31.0 Å². The number of benzene rings is 1. The first kappa shape index (κ1) is 15.4. The zero-order chi connectivity index (χ0) is 14.4. The van der Waals surface area contributed by atoms with Crippen LogP contribution in [-0.4, -0.2) is 6.54 Å². The molecule has 2 rings (SSSR count). The molecule has 1 unspecified atom stereocenters. The van der Waals surface area contributed by atoms with Crippen LogP contribution in [0.1, 0.15) is 63.5 Å². The molecule has 1 aliphatic carbocycles. The van der Waals surface area contributed by atoms with Gasteiger partial charge >= 0.3 is 0 Å². The summed E-state index contributed by atoms with van der Waals surface area (Å²) in [6.45, 7) is 2.87. The number of halogens is 2. The molecule has 3 heteroatoms. The summed E-state index contributed by atoms with van der Waals surface area (Å²) in [6, 6.07) is 3.98. The fourth-order valence-electron chi connectivity index (χ4n) is 3.35. The molecular weight excluding hydrogens is 256 g/mol. The molecule has 1 nitrogen and oxygen atoms in total. The Morgan fingerprint density at radius 3 is 2.10 bits per heavy atom. The van der Waals surface area contributed by atoms with Crippen LogP contribution in [0, 0.1) is 17.6 Å². The van der Waals surface area contributed by atoms with Crippen LogP contribution in [0.3, 0.4) is 0 Å². The second kappa shape index (κ2) is 7.72. The van der Waals surface area contributed by atoms with Crippen molar-refractivity contribution in [1.29, 1.82) is 0 Å². The molecule has 0 spiro atoms. The second-order valence-electron chi connectivity index (χ2n) is 5.84. The lowest BCUT2D eigenvalue weighted by atomic mass is 9.83. The Balaban J connectivity index is 2.19. The first-order valence-electron chi connectivity index (χ1n) is 7.90.